The highest BCUT2D eigenvalue weighted by atomic mass is 15.1. The number of anilines is 3. The number of hydrogen-bond donors (Lipinski definition) is 0. The quantitative estimate of drug-likeness (QED) is 0.162. The molecule has 0 unspecified atom stereocenters. The molecule has 10 aromatic rings. The largest absolute Gasteiger partial charge is 0.310 e. The third-order valence-electron chi connectivity index (χ3n) is 10.6. The molecule has 0 N–H and O–H groups in total. The number of rotatable bonds is 7. The van der Waals surface area contributed by atoms with Gasteiger partial charge < -0.3 is 9.47 Å². The van der Waals surface area contributed by atoms with Crippen molar-refractivity contribution in [2.75, 3.05) is 4.90 Å². The topological polar surface area (TPSA) is 8.17 Å². The van der Waals surface area contributed by atoms with Gasteiger partial charge in [0.1, 0.15) is 0 Å². The van der Waals surface area contributed by atoms with E-state index in [0.29, 0.717) is 0 Å². The first-order chi connectivity index (χ1) is 26.8. The van der Waals surface area contributed by atoms with Crippen molar-refractivity contribution in [3.63, 3.8) is 0 Å². The third-order valence-corrected chi connectivity index (χ3v) is 10.6. The van der Waals surface area contributed by atoms with E-state index in [0.717, 1.165) is 28.3 Å². The van der Waals surface area contributed by atoms with Crippen LogP contribution in [0.25, 0.3) is 71.6 Å². The lowest BCUT2D eigenvalue weighted by molar-refractivity contribution is 1.18. The van der Waals surface area contributed by atoms with Crippen molar-refractivity contribution in [3.05, 3.63) is 218 Å². The first-order valence-corrected chi connectivity index (χ1v) is 18.5. The van der Waals surface area contributed by atoms with Crippen LogP contribution in [-0.4, -0.2) is 4.57 Å². The van der Waals surface area contributed by atoms with Crippen molar-refractivity contribution in [2.24, 2.45) is 0 Å². The molecule has 0 aliphatic carbocycles. The lowest BCUT2D eigenvalue weighted by atomic mass is 9.97. The van der Waals surface area contributed by atoms with Crippen molar-refractivity contribution in [3.8, 4) is 39.1 Å². The molecule has 0 radical (unpaired) electrons. The molecule has 9 aromatic carbocycles. The maximum Gasteiger partial charge on any atom is 0.0562 e. The fourth-order valence-corrected chi connectivity index (χ4v) is 8.10. The van der Waals surface area contributed by atoms with Crippen molar-refractivity contribution in [1.29, 1.82) is 0 Å². The van der Waals surface area contributed by atoms with Crippen molar-refractivity contribution >= 4 is 49.6 Å². The van der Waals surface area contributed by atoms with E-state index in [-0.39, 0.29) is 0 Å². The smallest absolute Gasteiger partial charge is 0.0562 e. The molecule has 1 aromatic heterocycles. The van der Waals surface area contributed by atoms with Gasteiger partial charge in [-0.25, -0.2) is 0 Å². The van der Waals surface area contributed by atoms with Gasteiger partial charge in [-0.1, -0.05) is 170 Å². The summed E-state index contributed by atoms with van der Waals surface area (Å²) in [5.41, 5.74) is 14.0. The fraction of sp³-hybridized carbons (Fsp3) is 0. The van der Waals surface area contributed by atoms with Gasteiger partial charge in [0.05, 0.1) is 22.4 Å². The van der Waals surface area contributed by atoms with Gasteiger partial charge in [-0.2, -0.15) is 0 Å². The van der Waals surface area contributed by atoms with Crippen LogP contribution in [0.2, 0.25) is 0 Å². The molecule has 0 amide bonds. The van der Waals surface area contributed by atoms with Gasteiger partial charge in [-0.05, 0) is 87.1 Å². The van der Waals surface area contributed by atoms with Gasteiger partial charge in [0.2, 0.25) is 0 Å². The van der Waals surface area contributed by atoms with E-state index in [1.165, 1.54) is 60.4 Å². The van der Waals surface area contributed by atoms with E-state index < -0.39 is 0 Å². The summed E-state index contributed by atoms with van der Waals surface area (Å²) in [5.74, 6) is 0. The molecule has 0 spiro atoms. The Morgan fingerprint density at radius 1 is 0.315 bits per heavy atom. The van der Waals surface area contributed by atoms with Gasteiger partial charge >= 0.3 is 0 Å². The Hall–Kier alpha value is -7.16. The van der Waals surface area contributed by atoms with E-state index in [4.69, 9.17) is 0 Å². The number of para-hydroxylation sites is 2. The van der Waals surface area contributed by atoms with Crippen LogP contribution in [0.4, 0.5) is 17.1 Å². The van der Waals surface area contributed by atoms with E-state index in [1.54, 1.807) is 0 Å². The number of aromatic nitrogens is 1. The Kier molecular flexibility index (Phi) is 7.85. The normalized spacial score (nSPS) is 11.3. The SMILES string of the molecule is c1ccc(-c2ccc(N(c3ccc(-c4ccccc4)cc3)c3cccc4c3c3ccccc3n4-c3ccccc3-c3cccc4ccccc34)cc2)cc1. The van der Waals surface area contributed by atoms with Crippen LogP contribution < -0.4 is 4.90 Å². The maximum atomic E-state index is 2.46. The minimum atomic E-state index is 1.10. The third kappa shape index (κ3) is 5.44. The Morgan fingerprint density at radius 2 is 0.796 bits per heavy atom. The van der Waals surface area contributed by atoms with Crippen LogP contribution in [0.1, 0.15) is 0 Å². The zero-order chi connectivity index (χ0) is 35.8. The molecule has 2 nitrogen and oxygen atoms in total. The lowest BCUT2D eigenvalue weighted by Gasteiger charge is -2.27. The fourth-order valence-electron chi connectivity index (χ4n) is 8.10. The second-order valence-electron chi connectivity index (χ2n) is 13.7. The molecule has 54 heavy (non-hydrogen) atoms. The Labute approximate surface area is 315 Å². The van der Waals surface area contributed by atoms with E-state index in [9.17, 15) is 0 Å². The van der Waals surface area contributed by atoms with Crippen molar-refractivity contribution in [1.82, 2.24) is 4.57 Å². The highest BCUT2D eigenvalue weighted by molar-refractivity contribution is 6.17. The first kappa shape index (κ1) is 31.6. The van der Waals surface area contributed by atoms with Crippen molar-refractivity contribution in [2.45, 2.75) is 0 Å². The molecule has 10 rings (SSSR count). The molecule has 254 valence electrons. The van der Waals surface area contributed by atoms with Crippen molar-refractivity contribution < 1.29 is 0 Å². The van der Waals surface area contributed by atoms with Gasteiger partial charge in [0.25, 0.3) is 0 Å². The average Bonchev–Trinajstić information content (AvgIpc) is 3.59. The Balaban J connectivity index is 1.20. The summed E-state index contributed by atoms with van der Waals surface area (Å²) in [6, 6.07) is 78.8. The monoisotopic (exact) mass is 688 g/mol. The predicted molar refractivity (Wildman–Crippen MR) is 229 cm³/mol. The number of fused-ring (bicyclic) bond motifs is 4. The number of nitrogens with zero attached hydrogens (tertiary/aromatic N) is 2. The van der Waals surface area contributed by atoms with Gasteiger partial charge in [0.15, 0.2) is 0 Å². The lowest BCUT2D eigenvalue weighted by Crippen LogP contribution is -2.10. The van der Waals surface area contributed by atoms with Crippen LogP contribution in [0.5, 0.6) is 0 Å². The predicted octanol–water partition coefficient (Wildman–Crippen LogP) is 14.4. The van der Waals surface area contributed by atoms with Gasteiger partial charge in [-0.3, -0.25) is 0 Å². The summed E-state index contributed by atoms with van der Waals surface area (Å²) in [6.45, 7) is 0. The second kappa shape index (κ2) is 13.4. The molecule has 0 bridgehead atoms. The Bertz CT molecular complexity index is 2820. The summed E-state index contributed by atoms with van der Waals surface area (Å²) in [6.07, 6.45) is 0. The number of benzene rings is 9. The minimum Gasteiger partial charge on any atom is -0.310 e. The maximum absolute atomic E-state index is 2.46. The van der Waals surface area contributed by atoms with Crippen LogP contribution in [0, 0.1) is 0 Å². The summed E-state index contributed by atoms with van der Waals surface area (Å²) in [7, 11) is 0. The highest BCUT2D eigenvalue weighted by Gasteiger charge is 2.22. The zero-order valence-corrected chi connectivity index (χ0v) is 29.7. The van der Waals surface area contributed by atoms with Crippen LogP contribution in [0.15, 0.2) is 218 Å². The van der Waals surface area contributed by atoms with Crippen LogP contribution in [-0.2, 0) is 0 Å². The first-order valence-electron chi connectivity index (χ1n) is 18.5. The van der Waals surface area contributed by atoms with E-state index in [2.05, 4.69) is 228 Å². The zero-order valence-electron chi connectivity index (χ0n) is 29.7. The molecule has 0 fully saturated rings. The second-order valence-corrected chi connectivity index (χ2v) is 13.7. The van der Waals surface area contributed by atoms with E-state index in [1.807, 2.05) is 0 Å². The van der Waals surface area contributed by atoms with Gasteiger partial charge in [0, 0.05) is 27.7 Å². The molecule has 1 heterocycles. The number of hydrogen-bond acceptors (Lipinski definition) is 1. The molecule has 0 saturated carbocycles. The summed E-state index contributed by atoms with van der Waals surface area (Å²) in [4.78, 5) is 2.42. The molecular formula is C52H36N2. The van der Waals surface area contributed by atoms with E-state index >= 15 is 0 Å². The molecule has 0 aliphatic heterocycles. The summed E-state index contributed by atoms with van der Waals surface area (Å²) >= 11 is 0. The standard InChI is InChI=1S/C52H36N2/c1-3-15-37(16-4-1)39-29-33-42(34-30-39)53(43-35-31-40(32-36-43)38-17-5-2-6-18-38)50-27-14-28-51-52(50)47-23-10-12-26-49(47)54(51)48-25-11-9-22-46(48)45-24-13-20-41-19-7-8-21-44(41)45/h1-36H. The van der Waals surface area contributed by atoms with Crippen LogP contribution >= 0.6 is 0 Å². The average molecular weight is 689 g/mol. The minimum absolute atomic E-state index is 1.10. The Morgan fingerprint density at radius 3 is 1.48 bits per heavy atom. The molecule has 0 atom stereocenters. The molecule has 0 aliphatic rings. The van der Waals surface area contributed by atoms with Gasteiger partial charge in [-0.15, -0.1) is 0 Å². The summed E-state index contributed by atoms with van der Waals surface area (Å²) in [5, 5.41) is 4.90. The molecular weight excluding hydrogens is 653 g/mol. The molecule has 0 saturated heterocycles. The summed E-state index contributed by atoms with van der Waals surface area (Å²) < 4.78 is 2.46. The molecule has 2 heteroatoms. The van der Waals surface area contributed by atoms with Crippen LogP contribution in [0.3, 0.4) is 0 Å². The highest BCUT2D eigenvalue weighted by Crippen LogP contribution is 2.45.